The molecule has 0 aliphatic rings. The molecule has 0 saturated carbocycles. The Bertz CT molecular complexity index is 645. The Kier molecular flexibility index (Phi) is 5.42. The zero-order chi connectivity index (χ0) is 17.0. The minimum atomic E-state index is 0.0603. The zero-order valence-corrected chi connectivity index (χ0v) is 14.5. The molecular formula is C18H25N3O2. The molecule has 2 rings (SSSR count). The lowest BCUT2D eigenvalue weighted by molar-refractivity contribution is -0.129. The lowest BCUT2D eigenvalue weighted by atomic mass is 10.1. The average Bonchev–Trinajstić information content (AvgIpc) is 2.96. The van der Waals surface area contributed by atoms with Gasteiger partial charge in [-0.15, -0.1) is 0 Å². The number of carbonyl (C=O) groups excluding carboxylic acids is 1. The van der Waals surface area contributed by atoms with Gasteiger partial charge in [0.25, 0.3) is 0 Å². The molecule has 1 amide bonds. The first kappa shape index (κ1) is 17.1. The number of likely N-dealkylation sites (N-methyl/N-ethyl adjacent to an activating group) is 1. The molecule has 0 aliphatic heterocycles. The molecular weight excluding hydrogens is 290 g/mol. The summed E-state index contributed by atoms with van der Waals surface area (Å²) < 4.78 is 5.29. The van der Waals surface area contributed by atoms with Gasteiger partial charge in [-0.2, -0.15) is 0 Å². The lowest BCUT2D eigenvalue weighted by Crippen LogP contribution is -2.27. The summed E-state index contributed by atoms with van der Waals surface area (Å²) in [6.07, 6.45) is 0.384. The number of benzene rings is 1. The van der Waals surface area contributed by atoms with E-state index < -0.39 is 0 Å². The second kappa shape index (κ2) is 7.31. The normalized spacial score (nSPS) is 10.9. The summed E-state index contributed by atoms with van der Waals surface area (Å²) in [7, 11) is 5.78. The lowest BCUT2D eigenvalue weighted by Gasteiger charge is -2.16. The number of amides is 1. The van der Waals surface area contributed by atoms with Crippen LogP contribution in [-0.2, 0) is 17.8 Å². The van der Waals surface area contributed by atoms with Crippen LogP contribution in [-0.4, -0.2) is 37.1 Å². The largest absolute Gasteiger partial charge is 0.378 e. The van der Waals surface area contributed by atoms with Gasteiger partial charge >= 0.3 is 0 Å². The minimum Gasteiger partial charge on any atom is -0.378 e. The first-order valence-electron chi connectivity index (χ1n) is 7.82. The molecule has 0 fully saturated rings. The molecule has 5 nitrogen and oxygen atoms in total. The quantitative estimate of drug-likeness (QED) is 0.822. The second-order valence-corrected chi connectivity index (χ2v) is 6.36. The van der Waals surface area contributed by atoms with Crippen molar-refractivity contribution in [1.29, 1.82) is 0 Å². The van der Waals surface area contributed by atoms with E-state index in [1.165, 1.54) is 0 Å². The first-order chi connectivity index (χ1) is 10.9. The van der Waals surface area contributed by atoms with Gasteiger partial charge in [0.15, 0.2) is 5.76 Å². The molecule has 2 aromatic rings. The molecule has 5 heteroatoms. The number of nitrogens with zero attached hydrogens (tertiary/aromatic N) is 3. The molecule has 1 aromatic heterocycles. The van der Waals surface area contributed by atoms with Gasteiger partial charge in [-0.1, -0.05) is 31.1 Å². The maximum atomic E-state index is 12.3. The number of carbonyl (C=O) groups is 1. The van der Waals surface area contributed by atoms with E-state index in [4.69, 9.17) is 4.52 Å². The summed E-state index contributed by atoms with van der Waals surface area (Å²) >= 11 is 0. The van der Waals surface area contributed by atoms with Crippen molar-refractivity contribution in [2.24, 2.45) is 0 Å². The minimum absolute atomic E-state index is 0.0603. The van der Waals surface area contributed by atoms with Crippen molar-refractivity contribution in [3.8, 4) is 0 Å². The second-order valence-electron chi connectivity index (χ2n) is 6.36. The van der Waals surface area contributed by atoms with Crippen molar-refractivity contribution in [3.05, 3.63) is 47.3 Å². The van der Waals surface area contributed by atoms with Gasteiger partial charge in [0.2, 0.25) is 5.91 Å². The predicted octanol–water partition coefficient (Wildman–Crippen LogP) is 3.07. The van der Waals surface area contributed by atoms with E-state index in [0.29, 0.717) is 24.6 Å². The van der Waals surface area contributed by atoms with E-state index in [-0.39, 0.29) is 5.91 Å². The van der Waals surface area contributed by atoms with Crippen molar-refractivity contribution >= 4 is 11.6 Å². The number of hydrogen-bond acceptors (Lipinski definition) is 4. The Morgan fingerprint density at radius 3 is 2.35 bits per heavy atom. The number of rotatable bonds is 6. The van der Waals surface area contributed by atoms with Gasteiger partial charge in [0.05, 0.1) is 18.7 Å². The van der Waals surface area contributed by atoms with Crippen LogP contribution in [0.2, 0.25) is 0 Å². The highest BCUT2D eigenvalue weighted by Gasteiger charge is 2.14. The summed E-state index contributed by atoms with van der Waals surface area (Å²) in [5, 5.41) is 4.02. The van der Waals surface area contributed by atoms with Gasteiger partial charge in [-0.05, 0) is 23.6 Å². The van der Waals surface area contributed by atoms with Crippen LogP contribution in [0.5, 0.6) is 0 Å². The summed E-state index contributed by atoms with van der Waals surface area (Å²) in [5.41, 5.74) is 3.05. The van der Waals surface area contributed by atoms with Crippen LogP contribution < -0.4 is 4.90 Å². The van der Waals surface area contributed by atoms with Crippen LogP contribution >= 0.6 is 0 Å². The Balaban J connectivity index is 1.93. The summed E-state index contributed by atoms with van der Waals surface area (Å²) in [6.45, 7) is 4.57. The van der Waals surface area contributed by atoms with Crippen LogP contribution in [0.3, 0.4) is 0 Å². The molecule has 0 bridgehead atoms. The number of anilines is 1. The highest BCUT2D eigenvalue weighted by atomic mass is 16.5. The third-order valence-electron chi connectivity index (χ3n) is 3.80. The molecule has 0 atom stereocenters. The van der Waals surface area contributed by atoms with Crippen molar-refractivity contribution in [2.45, 2.75) is 32.7 Å². The molecule has 0 aliphatic carbocycles. The summed E-state index contributed by atoms with van der Waals surface area (Å²) in [5.74, 6) is 1.10. The molecule has 23 heavy (non-hydrogen) atoms. The monoisotopic (exact) mass is 315 g/mol. The Hall–Kier alpha value is -2.30. The van der Waals surface area contributed by atoms with Gasteiger partial charge in [0, 0.05) is 32.9 Å². The summed E-state index contributed by atoms with van der Waals surface area (Å²) in [4.78, 5) is 16.0. The Labute approximate surface area is 137 Å². The molecule has 0 radical (unpaired) electrons. The van der Waals surface area contributed by atoms with E-state index in [1.807, 2.05) is 49.3 Å². The SMILES string of the molecule is CC(C)c1cc(CN(C)C(=O)Cc2ccc(N(C)C)cc2)on1. The van der Waals surface area contributed by atoms with Crippen molar-refractivity contribution in [3.63, 3.8) is 0 Å². The predicted molar refractivity (Wildman–Crippen MR) is 91.5 cm³/mol. The fraction of sp³-hybridized carbons (Fsp3) is 0.444. The maximum Gasteiger partial charge on any atom is 0.227 e. The third-order valence-corrected chi connectivity index (χ3v) is 3.80. The first-order valence-corrected chi connectivity index (χ1v) is 7.82. The number of hydrogen-bond donors (Lipinski definition) is 0. The third kappa shape index (κ3) is 4.58. The van der Waals surface area contributed by atoms with Gasteiger partial charge in [-0.3, -0.25) is 4.79 Å². The van der Waals surface area contributed by atoms with Crippen LogP contribution in [0.1, 0.15) is 36.8 Å². The van der Waals surface area contributed by atoms with Gasteiger partial charge in [0.1, 0.15) is 0 Å². The molecule has 0 spiro atoms. The Morgan fingerprint density at radius 2 is 1.83 bits per heavy atom. The molecule has 0 unspecified atom stereocenters. The van der Waals surface area contributed by atoms with Crippen molar-refractivity contribution in [1.82, 2.24) is 10.1 Å². The molecule has 0 N–H and O–H groups in total. The molecule has 0 saturated heterocycles. The van der Waals surface area contributed by atoms with Gasteiger partial charge < -0.3 is 14.3 Å². The molecule has 1 aromatic carbocycles. The standard InChI is InChI=1S/C18H25N3O2/c1-13(2)17-11-16(23-19-17)12-21(5)18(22)10-14-6-8-15(9-7-14)20(3)4/h6-9,11,13H,10,12H2,1-5H3. The maximum absolute atomic E-state index is 12.3. The number of aromatic nitrogens is 1. The van der Waals surface area contributed by atoms with Crippen molar-refractivity contribution < 1.29 is 9.32 Å². The van der Waals surface area contributed by atoms with Crippen molar-refractivity contribution in [2.75, 3.05) is 26.0 Å². The smallest absolute Gasteiger partial charge is 0.227 e. The van der Waals surface area contributed by atoms with E-state index in [2.05, 4.69) is 19.0 Å². The molecule has 1 heterocycles. The van der Waals surface area contributed by atoms with Crippen LogP contribution in [0.25, 0.3) is 0 Å². The van der Waals surface area contributed by atoms with Gasteiger partial charge in [-0.25, -0.2) is 0 Å². The van der Waals surface area contributed by atoms with Crippen LogP contribution in [0.4, 0.5) is 5.69 Å². The fourth-order valence-corrected chi connectivity index (χ4v) is 2.22. The topological polar surface area (TPSA) is 49.6 Å². The van der Waals surface area contributed by atoms with E-state index in [1.54, 1.807) is 11.9 Å². The fourth-order valence-electron chi connectivity index (χ4n) is 2.22. The van der Waals surface area contributed by atoms with E-state index in [9.17, 15) is 4.79 Å². The summed E-state index contributed by atoms with van der Waals surface area (Å²) in [6, 6.07) is 9.95. The zero-order valence-electron chi connectivity index (χ0n) is 14.5. The molecule has 124 valence electrons. The van der Waals surface area contributed by atoms with Crippen LogP contribution in [0.15, 0.2) is 34.9 Å². The average molecular weight is 315 g/mol. The van der Waals surface area contributed by atoms with E-state index in [0.717, 1.165) is 16.9 Å². The van der Waals surface area contributed by atoms with E-state index >= 15 is 0 Å². The highest BCUT2D eigenvalue weighted by Crippen LogP contribution is 2.16. The Morgan fingerprint density at radius 1 is 1.17 bits per heavy atom. The van der Waals surface area contributed by atoms with Crippen LogP contribution in [0, 0.1) is 0 Å². The highest BCUT2D eigenvalue weighted by molar-refractivity contribution is 5.78.